The van der Waals surface area contributed by atoms with Crippen LogP contribution in [0, 0.1) is 23.5 Å². The van der Waals surface area contributed by atoms with E-state index in [1.807, 2.05) is 6.07 Å². The quantitative estimate of drug-likeness (QED) is 0.611. The summed E-state index contributed by atoms with van der Waals surface area (Å²) in [5.74, 6) is 0. The molecule has 48 valence electrons. The third-order valence-corrected chi connectivity index (χ3v) is 1.02. The van der Waals surface area contributed by atoms with Gasteiger partial charge in [0, 0.05) is 5.69 Å². The van der Waals surface area contributed by atoms with Crippen LogP contribution in [-0.4, -0.2) is 6.54 Å². The molecule has 2 nitrogen and oxygen atoms in total. The van der Waals surface area contributed by atoms with E-state index in [1.165, 1.54) is 0 Å². The van der Waals surface area contributed by atoms with Crippen molar-refractivity contribution in [1.82, 2.24) is 0 Å². The van der Waals surface area contributed by atoms with Crippen LogP contribution in [0.2, 0.25) is 0 Å². The summed E-state index contributed by atoms with van der Waals surface area (Å²) < 4.78 is 0. The van der Waals surface area contributed by atoms with Crippen molar-refractivity contribution >= 4 is 5.69 Å². The third-order valence-electron chi connectivity index (χ3n) is 1.02. The SMILES string of the molecule is N#CCNc1c[c]c[c]c1. The van der Waals surface area contributed by atoms with Gasteiger partial charge in [0.1, 0.15) is 6.54 Å². The highest BCUT2D eigenvalue weighted by molar-refractivity contribution is 5.42. The van der Waals surface area contributed by atoms with E-state index in [2.05, 4.69) is 17.4 Å². The van der Waals surface area contributed by atoms with Crippen LogP contribution in [0.5, 0.6) is 0 Å². The highest BCUT2D eigenvalue weighted by Crippen LogP contribution is 2.01. The van der Waals surface area contributed by atoms with Crippen molar-refractivity contribution in [2.24, 2.45) is 0 Å². The second-order valence-electron chi connectivity index (χ2n) is 1.73. The highest BCUT2D eigenvalue weighted by Gasteiger charge is 1.84. The average Bonchev–Trinajstić information content (AvgIpc) is 2.03. The first-order chi connectivity index (χ1) is 4.93. The van der Waals surface area contributed by atoms with Crippen molar-refractivity contribution in [2.45, 2.75) is 0 Å². The molecule has 0 amide bonds. The Morgan fingerprint density at radius 2 is 2.20 bits per heavy atom. The van der Waals surface area contributed by atoms with E-state index < -0.39 is 0 Å². The number of nitrogens with one attached hydrogen (secondary N) is 1. The Morgan fingerprint density at radius 3 is 2.80 bits per heavy atom. The first-order valence-electron chi connectivity index (χ1n) is 2.91. The lowest BCUT2D eigenvalue weighted by Gasteiger charge is -1.97. The van der Waals surface area contributed by atoms with Crippen molar-refractivity contribution in [3.8, 4) is 6.07 Å². The number of nitriles is 1. The molecule has 0 bridgehead atoms. The highest BCUT2D eigenvalue weighted by atomic mass is 14.9. The second-order valence-corrected chi connectivity index (χ2v) is 1.73. The predicted octanol–water partition coefficient (Wildman–Crippen LogP) is 1.22. The number of nitrogens with zero attached hydrogens (tertiary/aromatic N) is 1. The van der Waals surface area contributed by atoms with Gasteiger partial charge in [-0.1, -0.05) is 0 Å². The largest absolute Gasteiger partial charge is 0.372 e. The molecule has 0 heterocycles. The first-order valence-corrected chi connectivity index (χ1v) is 2.91. The molecule has 2 radical (unpaired) electrons. The van der Waals surface area contributed by atoms with Gasteiger partial charge in [-0.3, -0.25) is 0 Å². The molecule has 1 aromatic rings. The van der Waals surface area contributed by atoms with Gasteiger partial charge in [0.2, 0.25) is 0 Å². The molecule has 0 aromatic heterocycles. The number of rotatable bonds is 2. The molecular formula is C8H6N2. The maximum Gasteiger partial charge on any atom is 0.103 e. The van der Waals surface area contributed by atoms with E-state index in [4.69, 9.17) is 5.26 Å². The molecule has 0 aliphatic carbocycles. The lowest BCUT2D eigenvalue weighted by molar-refractivity contribution is 1.32. The van der Waals surface area contributed by atoms with Crippen molar-refractivity contribution in [3.63, 3.8) is 0 Å². The van der Waals surface area contributed by atoms with Crippen molar-refractivity contribution < 1.29 is 0 Å². The van der Waals surface area contributed by atoms with Crippen LogP contribution in [0.1, 0.15) is 0 Å². The fourth-order valence-electron chi connectivity index (χ4n) is 0.596. The third kappa shape index (κ3) is 1.79. The average molecular weight is 130 g/mol. The van der Waals surface area contributed by atoms with Crippen LogP contribution in [0.25, 0.3) is 0 Å². The summed E-state index contributed by atoms with van der Waals surface area (Å²) in [6.07, 6.45) is 0. The lowest BCUT2D eigenvalue weighted by atomic mass is 10.3. The minimum Gasteiger partial charge on any atom is -0.372 e. The zero-order valence-corrected chi connectivity index (χ0v) is 5.39. The van der Waals surface area contributed by atoms with Crippen LogP contribution >= 0.6 is 0 Å². The number of hydrogen-bond acceptors (Lipinski definition) is 2. The fourth-order valence-corrected chi connectivity index (χ4v) is 0.596. The minimum atomic E-state index is 0.325. The van der Waals surface area contributed by atoms with Gasteiger partial charge in [0.15, 0.2) is 0 Å². The van der Waals surface area contributed by atoms with Gasteiger partial charge in [-0.2, -0.15) is 5.26 Å². The van der Waals surface area contributed by atoms with Gasteiger partial charge in [-0.05, 0) is 30.3 Å². The predicted molar refractivity (Wildman–Crippen MR) is 38.2 cm³/mol. The molecule has 0 unspecified atom stereocenters. The lowest BCUT2D eigenvalue weighted by Crippen LogP contribution is -1.96. The Kier molecular flexibility index (Phi) is 2.33. The summed E-state index contributed by atoms with van der Waals surface area (Å²) in [7, 11) is 0. The molecular weight excluding hydrogens is 124 g/mol. The maximum atomic E-state index is 8.19. The monoisotopic (exact) mass is 130 g/mol. The Balaban J connectivity index is 2.52. The van der Waals surface area contributed by atoms with E-state index in [0.717, 1.165) is 5.69 Å². The first kappa shape index (κ1) is 6.63. The molecule has 0 aliphatic rings. The Labute approximate surface area is 60.1 Å². The van der Waals surface area contributed by atoms with Gasteiger partial charge in [-0.15, -0.1) is 0 Å². The number of anilines is 1. The molecule has 0 saturated heterocycles. The van der Waals surface area contributed by atoms with E-state index in [-0.39, 0.29) is 0 Å². The molecule has 0 spiro atoms. The molecule has 1 N–H and O–H groups in total. The van der Waals surface area contributed by atoms with Crippen LogP contribution in [0.3, 0.4) is 0 Å². The molecule has 2 heteroatoms. The summed E-state index contributed by atoms with van der Waals surface area (Å²) in [6.45, 7) is 0.325. The van der Waals surface area contributed by atoms with E-state index in [9.17, 15) is 0 Å². The summed E-state index contributed by atoms with van der Waals surface area (Å²) in [4.78, 5) is 0. The normalized spacial score (nSPS) is 8.30. The van der Waals surface area contributed by atoms with Gasteiger partial charge in [0.25, 0.3) is 0 Å². The van der Waals surface area contributed by atoms with Crippen molar-refractivity contribution in [1.29, 1.82) is 5.26 Å². The smallest absolute Gasteiger partial charge is 0.103 e. The Bertz CT molecular complexity index is 223. The van der Waals surface area contributed by atoms with Crippen LogP contribution < -0.4 is 5.32 Å². The molecule has 0 aliphatic heterocycles. The van der Waals surface area contributed by atoms with E-state index in [1.54, 1.807) is 18.2 Å². The standard InChI is InChI=1S/C8H6N2/c9-6-7-10-8-4-2-1-3-5-8/h1,4-5,10H,7H2. The summed E-state index contributed by atoms with van der Waals surface area (Å²) >= 11 is 0. The summed E-state index contributed by atoms with van der Waals surface area (Å²) in [5, 5.41) is 11.1. The van der Waals surface area contributed by atoms with E-state index in [0.29, 0.717) is 6.54 Å². The summed E-state index contributed by atoms with van der Waals surface area (Å²) in [6, 6.07) is 12.9. The second kappa shape index (κ2) is 3.52. The van der Waals surface area contributed by atoms with Gasteiger partial charge in [0.05, 0.1) is 6.07 Å². The number of hydrogen-bond donors (Lipinski definition) is 1. The topological polar surface area (TPSA) is 35.8 Å². The van der Waals surface area contributed by atoms with Gasteiger partial charge < -0.3 is 5.32 Å². The molecule has 0 saturated carbocycles. The molecule has 1 rings (SSSR count). The zero-order valence-electron chi connectivity index (χ0n) is 5.39. The fraction of sp³-hybridized carbons (Fsp3) is 0.125. The maximum absolute atomic E-state index is 8.19. The molecule has 1 aromatic carbocycles. The van der Waals surface area contributed by atoms with Crippen LogP contribution in [0.4, 0.5) is 5.69 Å². The Hall–Kier alpha value is -1.49. The van der Waals surface area contributed by atoms with Crippen molar-refractivity contribution in [2.75, 3.05) is 11.9 Å². The van der Waals surface area contributed by atoms with Gasteiger partial charge >= 0.3 is 0 Å². The van der Waals surface area contributed by atoms with Crippen LogP contribution in [0.15, 0.2) is 18.2 Å². The summed E-state index contributed by atoms with van der Waals surface area (Å²) in [5.41, 5.74) is 0.879. The van der Waals surface area contributed by atoms with Crippen LogP contribution in [-0.2, 0) is 0 Å². The molecule has 0 atom stereocenters. The zero-order chi connectivity index (χ0) is 7.23. The number of benzene rings is 1. The van der Waals surface area contributed by atoms with Crippen molar-refractivity contribution in [3.05, 3.63) is 30.3 Å². The van der Waals surface area contributed by atoms with E-state index >= 15 is 0 Å². The Morgan fingerprint density at radius 1 is 1.50 bits per heavy atom. The molecule has 0 fully saturated rings. The van der Waals surface area contributed by atoms with Gasteiger partial charge in [-0.25, -0.2) is 0 Å². The minimum absolute atomic E-state index is 0.325. The molecule has 10 heavy (non-hydrogen) atoms.